The average Bonchev–Trinajstić information content (AvgIpc) is 3.18. The Labute approximate surface area is 225 Å². The van der Waals surface area contributed by atoms with Crippen LogP contribution in [0.4, 0.5) is 0 Å². The van der Waals surface area contributed by atoms with Crippen LogP contribution in [0, 0.1) is 17.8 Å². The summed E-state index contributed by atoms with van der Waals surface area (Å²) in [4.78, 5) is 51.6. The van der Waals surface area contributed by atoms with Crippen molar-refractivity contribution in [1.29, 1.82) is 0 Å². The molecule has 2 aliphatic heterocycles. The molecule has 36 heavy (non-hydrogen) atoms. The first kappa shape index (κ1) is 23.9. The van der Waals surface area contributed by atoms with Crippen molar-refractivity contribution >= 4 is 73.5 Å². The van der Waals surface area contributed by atoms with Gasteiger partial charge in [0.15, 0.2) is 9.75 Å². The number of allylic oxidation sites excluding steroid dienone is 2. The number of phenols is 1. The molecule has 6 rings (SSSR count). The molecule has 3 fully saturated rings. The summed E-state index contributed by atoms with van der Waals surface area (Å²) in [5.74, 6) is -4.86. The number of carbonyl (C=O) groups excluding carboxylic acids is 4. The third-order valence-corrected chi connectivity index (χ3v) is 10.4. The smallest absolute Gasteiger partial charge is 0.254 e. The number of phenolic OH excluding ortho intramolecular Hbond substituents is 1. The second-order valence-electron chi connectivity index (χ2n) is 9.95. The average molecular weight is 592 g/mol. The van der Waals surface area contributed by atoms with Gasteiger partial charge in [-0.3, -0.25) is 29.0 Å². The highest BCUT2D eigenvalue weighted by Crippen LogP contribution is 2.66. The third-order valence-electron chi connectivity index (χ3n) is 8.48. The van der Waals surface area contributed by atoms with E-state index >= 15 is 0 Å². The van der Waals surface area contributed by atoms with Gasteiger partial charge in [-0.2, -0.15) is 0 Å². The van der Waals surface area contributed by atoms with E-state index in [0.29, 0.717) is 22.9 Å². The van der Waals surface area contributed by atoms with Crippen LogP contribution in [0.25, 0.3) is 10.8 Å². The van der Waals surface area contributed by atoms with Gasteiger partial charge in [0, 0.05) is 23.9 Å². The number of likely N-dealkylation sites (tertiary alicyclic amines) is 2. The maximum absolute atomic E-state index is 13.8. The minimum atomic E-state index is -1.94. The summed E-state index contributed by atoms with van der Waals surface area (Å²) in [5.41, 5.74) is 0.910. The fourth-order valence-electron chi connectivity index (χ4n) is 6.76. The van der Waals surface area contributed by atoms with E-state index < -0.39 is 45.2 Å². The molecule has 6 unspecified atom stereocenters. The summed E-state index contributed by atoms with van der Waals surface area (Å²) in [6.45, 7) is 0. The number of hydrogen-bond donors (Lipinski definition) is 1. The molecule has 2 aromatic rings. The number of nitrogens with zero attached hydrogens (tertiary/aromatic N) is 2. The van der Waals surface area contributed by atoms with E-state index in [1.54, 1.807) is 18.2 Å². The maximum atomic E-state index is 13.8. The van der Waals surface area contributed by atoms with Crippen LogP contribution in [-0.4, -0.2) is 60.8 Å². The Bertz CT molecular complexity index is 1430. The number of carbonyl (C=O) groups is 4. The molecule has 1 N–H and O–H groups in total. The normalized spacial score (nSPS) is 35.7. The van der Waals surface area contributed by atoms with Crippen molar-refractivity contribution < 1.29 is 24.3 Å². The van der Waals surface area contributed by atoms with Crippen LogP contribution >= 0.6 is 39.1 Å². The van der Waals surface area contributed by atoms with Gasteiger partial charge < -0.3 is 5.11 Å². The van der Waals surface area contributed by atoms with Crippen LogP contribution in [0.2, 0.25) is 0 Å². The highest BCUT2D eigenvalue weighted by Gasteiger charge is 2.76. The molecule has 4 amide bonds. The van der Waals surface area contributed by atoms with Crippen LogP contribution in [0.15, 0.2) is 48.0 Å². The van der Waals surface area contributed by atoms with Crippen molar-refractivity contribution in [2.75, 3.05) is 12.5 Å². The van der Waals surface area contributed by atoms with Gasteiger partial charge in [0.25, 0.3) is 11.8 Å². The molecule has 2 heterocycles. The Balaban J connectivity index is 1.63. The standard InChI is InChI=1S/C26H21BrCl2N2O5/c1-30-21(33)15-9-8-14-17(18(15)22(30)34)10-25(28)23(35)31(11-27)24(36)26(25,29)19(14)16-7-6-12-4-2-3-5-13(12)20(16)32/h2-8,15,17-19,32H,9-11H2,1H3. The molecule has 0 bridgehead atoms. The highest BCUT2D eigenvalue weighted by molar-refractivity contribution is 9.09. The Hall–Kier alpha value is -2.42. The molecule has 2 aliphatic carbocycles. The monoisotopic (exact) mass is 590 g/mol. The predicted molar refractivity (Wildman–Crippen MR) is 137 cm³/mol. The molecule has 2 saturated heterocycles. The van der Waals surface area contributed by atoms with E-state index in [0.717, 1.165) is 15.2 Å². The first-order valence-corrected chi connectivity index (χ1v) is 13.5. The maximum Gasteiger partial charge on any atom is 0.254 e. The number of amides is 4. The van der Waals surface area contributed by atoms with Crippen LogP contribution < -0.4 is 0 Å². The molecule has 2 aromatic carbocycles. The number of fused-ring (bicyclic) bond motifs is 5. The summed E-state index contributed by atoms with van der Waals surface area (Å²) in [6.07, 6.45) is 2.07. The molecule has 7 nitrogen and oxygen atoms in total. The van der Waals surface area contributed by atoms with Gasteiger partial charge in [-0.1, -0.05) is 64.0 Å². The SMILES string of the molecule is CN1C(=O)C2CC=C3C(CC4(Cl)C(=O)N(CBr)C(=O)C4(Cl)C3c3ccc4ccccc4c3O)C2C1=O. The Kier molecular flexibility index (Phi) is 5.18. The van der Waals surface area contributed by atoms with Gasteiger partial charge in [0.2, 0.25) is 11.8 Å². The molecule has 186 valence electrons. The minimum Gasteiger partial charge on any atom is -0.507 e. The number of halogens is 3. The molecule has 0 aromatic heterocycles. The molecular formula is C26H21BrCl2N2O5. The number of alkyl halides is 3. The van der Waals surface area contributed by atoms with E-state index in [1.165, 1.54) is 7.05 Å². The van der Waals surface area contributed by atoms with Gasteiger partial charge >= 0.3 is 0 Å². The van der Waals surface area contributed by atoms with E-state index in [1.807, 2.05) is 24.3 Å². The van der Waals surface area contributed by atoms with Crippen molar-refractivity contribution in [3.8, 4) is 5.75 Å². The van der Waals surface area contributed by atoms with E-state index in [2.05, 4.69) is 15.9 Å². The molecule has 0 spiro atoms. The zero-order valence-electron chi connectivity index (χ0n) is 19.1. The van der Waals surface area contributed by atoms with Gasteiger partial charge in [0.1, 0.15) is 5.75 Å². The summed E-state index contributed by atoms with van der Waals surface area (Å²) >= 11 is 17.5. The first-order valence-electron chi connectivity index (χ1n) is 11.6. The topological polar surface area (TPSA) is 95.0 Å². The lowest BCUT2D eigenvalue weighted by Crippen LogP contribution is -2.60. The number of aromatic hydroxyl groups is 1. The lowest BCUT2D eigenvalue weighted by atomic mass is 9.56. The van der Waals surface area contributed by atoms with Crippen LogP contribution in [0.3, 0.4) is 0 Å². The summed E-state index contributed by atoms with van der Waals surface area (Å²) in [6, 6.07) is 10.8. The Morgan fingerprint density at radius 2 is 1.75 bits per heavy atom. The molecule has 4 aliphatic rings. The summed E-state index contributed by atoms with van der Waals surface area (Å²) in [5, 5.41) is 12.8. The molecule has 10 heteroatoms. The summed E-state index contributed by atoms with van der Waals surface area (Å²) in [7, 11) is 1.46. The largest absolute Gasteiger partial charge is 0.507 e. The number of benzene rings is 2. The molecule has 6 atom stereocenters. The van der Waals surface area contributed by atoms with E-state index in [9.17, 15) is 24.3 Å². The zero-order chi connectivity index (χ0) is 25.7. The van der Waals surface area contributed by atoms with Gasteiger partial charge in [0.05, 0.1) is 17.3 Å². The van der Waals surface area contributed by atoms with Gasteiger partial charge in [-0.05, 0) is 24.1 Å². The van der Waals surface area contributed by atoms with Crippen molar-refractivity contribution in [3.63, 3.8) is 0 Å². The number of hydrogen-bond acceptors (Lipinski definition) is 5. The van der Waals surface area contributed by atoms with Gasteiger partial charge in [-0.25, -0.2) is 0 Å². The van der Waals surface area contributed by atoms with Crippen molar-refractivity contribution in [2.24, 2.45) is 17.8 Å². The molecule has 0 radical (unpaired) electrons. The lowest BCUT2D eigenvalue weighted by Gasteiger charge is -2.50. The fraction of sp³-hybridized carbons (Fsp3) is 0.385. The first-order chi connectivity index (χ1) is 17.1. The fourth-order valence-corrected chi connectivity index (χ4v) is 8.18. The van der Waals surface area contributed by atoms with Crippen molar-refractivity contribution in [3.05, 3.63) is 53.6 Å². The molecule has 1 saturated carbocycles. The second-order valence-corrected chi connectivity index (χ2v) is 11.7. The number of imide groups is 2. The minimum absolute atomic E-state index is 0.0655. The van der Waals surface area contributed by atoms with Crippen molar-refractivity contribution in [2.45, 2.75) is 28.5 Å². The molecular weight excluding hydrogens is 571 g/mol. The summed E-state index contributed by atoms with van der Waals surface area (Å²) < 4.78 is 0. The van der Waals surface area contributed by atoms with Crippen molar-refractivity contribution in [1.82, 2.24) is 9.80 Å². The van der Waals surface area contributed by atoms with E-state index in [-0.39, 0.29) is 29.4 Å². The Morgan fingerprint density at radius 3 is 2.47 bits per heavy atom. The third kappa shape index (κ3) is 2.70. The van der Waals surface area contributed by atoms with Crippen LogP contribution in [0.1, 0.15) is 24.3 Å². The second kappa shape index (κ2) is 7.79. The predicted octanol–water partition coefficient (Wildman–Crippen LogP) is 3.89. The Morgan fingerprint density at radius 1 is 1.03 bits per heavy atom. The number of rotatable bonds is 2. The quantitative estimate of drug-likeness (QED) is 0.247. The van der Waals surface area contributed by atoms with Crippen LogP contribution in [-0.2, 0) is 19.2 Å². The van der Waals surface area contributed by atoms with Crippen LogP contribution in [0.5, 0.6) is 5.75 Å². The lowest BCUT2D eigenvalue weighted by molar-refractivity contribution is -0.140. The zero-order valence-corrected chi connectivity index (χ0v) is 22.2. The highest BCUT2D eigenvalue weighted by atomic mass is 79.9. The van der Waals surface area contributed by atoms with E-state index in [4.69, 9.17) is 23.2 Å². The van der Waals surface area contributed by atoms with Gasteiger partial charge in [-0.15, -0.1) is 23.2 Å².